The van der Waals surface area contributed by atoms with Gasteiger partial charge in [0.15, 0.2) is 0 Å². The third-order valence-corrected chi connectivity index (χ3v) is 4.60. The van der Waals surface area contributed by atoms with E-state index in [4.69, 9.17) is 11.6 Å². The van der Waals surface area contributed by atoms with Gasteiger partial charge in [0.2, 0.25) is 0 Å². The smallest absolute Gasteiger partial charge is 0.138 e. The van der Waals surface area contributed by atoms with Crippen LogP contribution in [-0.2, 0) is 12.4 Å². The average Bonchev–Trinajstić information content (AvgIpc) is 2.67. The van der Waals surface area contributed by atoms with Crippen LogP contribution in [0.25, 0.3) is 11.0 Å². The molecule has 1 aromatic carbocycles. The van der Waals surface area contributed by atoms with Gasteiger partial charge >= 0.3 is 0 Å². The Kier molecular flexibility index (Phi) is 4.40. The second-order valence-corrected chi connectivity index (χ2v) is 6.95. The fraction of sp³-hybridized carbons (Fsp3) is 0.500. The maximum atomic E-state index is 13.8. The minimum absolute atomic E-state index is 0.133. The van der Waals surface area contributed by atoms with Crippen LogP contribution >= 0.6 is 34.2 Å². The molecule has 5 heteroatoms. The highest BCUT2D eigenvalue weighted by Crippen LogP contribution is 2.28. The first-order valence-electron chi connectivity index (χ1n) is 6.28. The summed E-state index contributed by atoms with van der Waals surface area (Å²) in [5.74, 6) is 0.941. The topological polar surface area (TPSA) is 17.8 Å². The molecule has 2 nitrogen and oxygen atoms in total. The molecule has 0 saturated heterocycles. The lowest BCUT2D eigenvalue weighted by Crippen LogP contribution is -2.20. The molecule has 0 aliphatic carbocycles. The molecule has 0 bridgehead atoms. The van der Waals surface area contributed by atoms with Crippen molar-refractivity contribution >= 4 is 45.2 Å². The van der Waals surface area contributed by atoms with Crippen LogP contribution in [0.3, 0.4) is 0 Å². The Morgan fingerprint density at radius 3 is 2.68 bits per heavy atom. The average molecular weight is 395 g/mol. The first-order valence-corrected chi connectivity index (χ1v) is 7.89. The van der Waals surface area contributed by atoms with Gasteiger partial charge in [-0.25, -0.2) is 9.37 Å². The van der Waals surface area contributed by atoms with Crippen molar-refractivity contribution in [1.82, 2.24) is 9.55 Å². The lowest BCUT2D eigenvalue weighted by Gasteiger charge is -2.24. The van der Waals surface area contributed by atoms with Gasteiger partial charge in [0.05, 0.1) is 20.5 Å². The molecule has 0 atom stereocenters. The van der Waals surface area contributed by atoms with Crippen LogP contribution in [0.5, 0.6) is 0 Å². The van der Waals surface area contributed by atoms with Crippen molar-refractivity contribution in [2.24, 2.45) is 5.41 Å². The van der Waals surface area contributed by atoms with Gasteiger partial charge in [0.25, 0.3) is 0 Å². The fourth-order valence-corrected chi connectivity index (χ4v) is 2.64. The monoisotopic (exact) mass is 394 g/mol. The Labute approximate surface area is 131 Å². The number of hydrogen-bond acceptors (Lipinski definition) is 1. The fourth-order valence-electron chi connectivity index (χ4n) is 1.99. The molecule has 0 radical (unpaired) electrons. The number of nitrogens with zero attached hydrogens (tertiary/aromatic N) is 2. The number of benzene rings is 1. The van der Waals surface area contributed by atoms with Gasteiger partial charge in [-0.3, -0.25) is 0 Å². The lowest BCUT2D eigenvalue weighted by molar-refractivity contribution is 0.295. The van der Waals surface area contributed by atoms with Crippen molar-refractivity contribution in [2.75, 3.05) is 0 Å². The predicted octanol–water partition coefficient (Wildman–Crippen LogP) is 4.96. The quantitative estimate of drug-likeness (QED) is 0.530. The molecule has 104 valence electrons. The first kappa shape index (κ1) is 15.0. The number of aromatic nitrogens is 2. The minimum atomic E-state index is -0.204. The van der Waals surface area contributed by atoms with Gasteiger partial charge in [-0.2, -0.15) is 0 Å². The van der Waals surface area contributed by atoms with Crippen molar-refractivity contribution in [1.29, 1.82) is 0 Å². The van der Waals surface area contributed by atoms with Gasteiger partial charge in [0.1, 0.15) is 11.6 Å². The highest BCUT2D eigenvalue weighted by Gasteiger charge is 2.20. The van der Waals surface area contributed by atoms with Gasteiger partial charge in [-0.05, 0) is 40.5 Å². The number of rotatable bonds is 4. The van der Waals surface area contributed by atoms with Crippen molar-refractivity contribution in [3.63, 3.8) is 0 Å². The molecular formula is C14H17ClFIN2. The van der Waals surface area contributed by atoms with Gasteiger partial charge < -0.3 is 4.57 Å². The van der Waals surface area contributed by atoms with Crippen LogP contribution in [-0.4, -0.2) is 9.55 Å². The largest absolute Gasteiger partial charge is 0.326 e. The summed E-state index contributed by atoms with van der Waals surface area (Å²) in [6, 6.07) is 3.34. The molecular weight excluding hydrogens is 378 g/mol. The Balaban J connectivity index is 2.60. The minimum Gasteiger partial charge on any atom is -0.326 e. The highest BCUT2D eigenvalue weighted by atomic mass is 127. The molecule has 0 unspecified atom stereocenters. The van der Waals surface area contributed by atoms with Gasteiger partial charge in [0, 0.05) is 12.6 Å². The molecule has 2 aromatic rings. The summed E-state index contributed by atoms with van der Waals surface area (Å²) in [5.41, 5.74) is 1.77. The summed E-state index contributed by atoms with van der Waals surface area (Å²) in [6.45, 7) is 7.34. The second kappa shape index (κ2) is 5.56. The highest BCUT2D eigenvalue weighted by molar-refractivity contribution is 14.1. The van der Waals surface area contributed by atoms with Crippen molar-refractivity contribution < 1.29 is 4.39 Å². The van der Waals surface area contributed by atoms with E-state index >= 15 is 0 Å². The number of hydrogen-bond donors (Lipinski definition) is 0. The number of halogens is 3. The summed E-state index contributed by atoms with van der Waals surface area (Å²) in [5, 5.41) is 0. The summed E-state index contributed by atoms with van der Waals surface area (Å²) in [7, 11) is 0. The Morgan fingerprint density at radius 1 is 1.42 bits per heavy atom. The van der Waals surface area contributed by atoms with E-state index in [1.54, 1.807) is 12.1 Å². The standard InChI is InChI=1S/C14H17ClFIN2/c1-4-14(2,3)8-19-12-5-9(16)10(17)6-11(12)18-13(19)7-15/h5-6H,4,7-8H2,1-3H3. The molecule has 0 fully saturated rings. The van der Waals surface area contributed by atoms with Crippen LogP contribution < -0.4 is 0 Å². The van der Waals surface area contributed by atoms with E-state index in [-0.39, 0.29) is 11.2 Å². The zero-order valence-corrected chi connectivity index (χ0v) is 14.2. The molecule has 0 N–H and O–H groups in total. The molecule has 2 rings (SSSR count). The van der Waals surface area contributed by atoms with E-state index in [0.717, 1.165) is 29.8 Å². The number of alkyl halides is 1. The van der Waals surface area contributed by atoms with Crippen LogP contribution in [0, 0.1) is 14.8 Å². The van der Waals surface area contributed by atoms with E-state index in [1.165, 1.54) is 0 Å². The SMILES string of the molecule is CCC(C)(C)Cn1c(CCl)nc2cc(I)c(F)cc21. The number of fused-ring (bicyclic) bond motifs is 1. The van der Waals surface area contributed by atoms with Crippen LogP contribution in [0.15, 0.2) is 12.1 Å². The van der Waals surface area contributed by atoms with Gasteiger partial charge in [-0.15, -0.1) is 11.6 Å². The van der Waals surface area contributed by atoms with E-state index in [2.05, 4.69) is 25.8 Å². The third kappa shape index (κ3) is 3.05. The zero-order valence-electron chi connectivity index (χ0n) is 11.3. The van der Waals surface area contributed by atoms with E-state index in [0.29, 0.717) is 9.45 Å². The third-order valence-electron chi connectivity index (χ3n) is 3.53. The Morgan fingerprint density at radius 2 is 2.11 bits per heavy atom. The summed E-state index contributed by atoms with van der Waals surface area (Å²) >= 11 is 7.96. The molecule has 0 aliphatic heterocycles. The van der Waals surface area contributed by atoms with E-state index in [9.17, 15) is 4.39 Å². The first-order chi connectivity index (χ1) is 8.88. The van der Waals surface area contributed by atoms with E-state index < -0.39 is 0 Å². The predicted molar refractivity (Wildman–Crippen MR) is 86.0 cm³/mol. The van der Waals surface area contributed by atoms with Crippen molar-refractivity contribution in [3.05, 3.63) is 27.3 Å². The maximum Gasteiger partial charge on any atom is 0.138 e. The summed E-state index contributed by atoms with van der Waals surface area (Å²) in [6.07, 6.45) is 1.04. The molecule has 1 heterocycles. The summed E-state index contributed by atoms with van der Waals surface area (Å²) < 4.78 is 16.4. The van der Waals surface area contributed by atoms with Gasteiger partial charge in [-0.1, -0.05) is 20.8 Å². The van der Waals surface area contributed by atoms with Crippen LogP contribution in [0.1, 0.15) is 33.0 Å². The molecule has 0 spiro atoms. The lowest BCUT2D eigenvalue weighted by atomic mass is 9.90. The van der Waals surface area contributed by atoms with Crippen molar-refractivity contribution in [3.8, 4) is 0 Å². The second-order valence-electron chi connectivity index (χ2n) is 5.52. The summed E-state index contributed by atoms with van der Waals surface area (Å²) in [4.78, 5) is 4.51. The molecule has 0 saturated carbocycles. The normalized spacial score (nSPS) is 12.3. The Hall–Kier alpha value is -0.360. The Bertz CT molecular complexity index is 607. The maximum absolute atomic E-state index is 13.8. The molecule has 1 aromatic heterocycles. The van der Waals surface area contributed by atoms with Crippen LogP contribution in [0.2, 0.25) is 0 Å². The molecule has 0 amide bonds. The van der Waals surface area contributed by atoms with Crippen molar-refractivity contribution in [2.45, 2.75) is 39.6 Å². The van der Waals surface area contributed by atoms with E-state index in [1.807, 2.05) is 27.2 Å². The molecule has 0 aliphatic rings. The molecule has 19 heavy (non-hydrogen) atoms. The zero-order chi connectivity index (χ0) is 14.2. The van der Waals surface area contributed by atoms with Crippen LogP contribution in [0.4, 0.5) is 4.39 Å². The number of imidazole rings is 1.